The van der Waals surface area contributed by atoms with Crippen LogP contribution in [0.3, 0.4) is 0 Å². The van der Waals surface area contributed by atoms with E-state index in [9.17, 15) is 19.3 Å². The van der Waals surface area contributed by atoms with Crippen molar-refractivity contribution in [2.45, 2.75) is 6.92 Å². The Bertz CT molecular complexity index is 943. The normalized spacial score (nSPS) is 15.9. The van der Waals surface area contributed by atoms with Crippen LogP contribution in [-0.2, 0) is 4.79 Å². The first kappa shape index (κ1) is 17.2. The molecule has 5 nitrogen and oxygen atoms in total. The van der Waals surface area contributed by atoms with Gasteiger partial charge in [0.2, 0.25) is 0 Å². The summed E-state index contributed by atoms with van der Waals surface area (Å²) in [6.07, 6.45) is 1.45. The van der Waals surface area contributed by atoms with Crippen LogP contribution in [0.25, 0.3) is 6.08 Å². The van der Waals surface area contributed by atoms with Crippen LogP contribution in [0.4, 0.5) is 15.8 Å². The predicted octanol–water partition coefficient (Wildman–Crippen LogP) is 4.45. The van der Waals surface area contributed by atoms with Crippen molar-refractivity contribution in [1.29, 1.82) is 0 Å². The topological polar surface area (TPSA) is 63.5 Å². The lowest BCUT2D eigenvalue weighted by molar-refractivity contribution is -0.384. The zero-order valence-corrected chi connectivity index (χ0v) is 14.6. The van der Waals surface area contributed by atoms with Crippen LogP contribution in [0.15, 0.2) is 47.4 Å². The largest absolute Gasteiger partial charge is 0.270 e. The molecule has 0 spiro atoms. The zero-order valence-electron chi connectivity index (χ0n) is 12.9. The maximum absolute atomic E-state index is 13.8. The molecule has 2 aromatic carbocycles. The van der Waals surface area contributed by atoms with Gasteiger partial charge in [0, 0.05) is 17.7 Å². The summed E-state index contributed by atoms with van der Waals surface area (Å²) in [5.41, 5.74) is 1.26. The fourth-order valence-corrected chi connectivity index (χ4v) is 3.69. The SMILES string of the molecule is Cc1cc([N+](=O)[O-])ccc1N1C(=O)/C(=C/c2ccccc2F)SC1=S. The molecule has 0 atom stereocenters. The number of nitrogens with zero attached hydrogens (tertiary/aromatic N) is 2. The average molecular weight is 374 g/mol. The molecule has 0 unspecified atom stereocenters. The summed E-state index contributed by atoms with van der Waals surface area (Å²) >= 11 is 6.34. The third-order valence-electron chi connectivity index (χ3n) is 3.62. The Labute approximate surface area is 152 Å². The number of amides is 1. The maximum atomic E-state index is 13.8. The van der Waals surface area contributed by atoms with Crippen molar-refractivity contribution in [3.8, 4) is 0 Å². The first-order valence-corrected chi connectivity index (χ1v) is 8.38. The molecule has 2 aromatic rings. The number of rotatable bonds is 3. The van der Waals surface area contributed by atoms with E-state index in [0.717, 1.165) is 11.8 Å². The van der Waals surface area contributed by atoms with Gasteiger partial charge in [-0.1, -0.05) is 42.2 Å². The third kappa shape index (κ3) is 3.31. The highest BCUT2D eigenvalue weighted by atomic mass is 32.2. The number of hydrogen-bond donors (Lipinski definition) is 0. The first-order valence-electron chi connectivity index (χ1n) is 7.16. The van der Waals surface area contributed by atoms with E-state index in [4.69, 9.17) is 12.2 Å². The van der Waals surface area contributed by atoms with E-state index in [1.165, 1.54) is 35.2 Å². The number of nitro benzene ring substituents is 1. The molecule has 1 aliphatic rings. The van der Waals surface area contributed by atoms with Crippen molar-refractivity contribution < 1.29 is 14.1 Å². The molecule has 126 valence electrons. The summed E-state index contributed by atoms with van der Waals surface area (Å²) in [6.45, 7) is 1.67. The molecule has 0 radical (unpaired) electrons. The number of anilines is 1. The van der Waals surface area contributed by atoms with Gasteiger partial charge in [-0.25, -0.2) is 4.39 Å². The lowest BCUT2D eigenvalue weighted by atomic mass is 10.1. The summed E-state index contributed by atoms with van der Waals surface area (Å²) in [5, 5.41) is 10.9. The molecule has 25 heavy (non-hydrogen) atoms. The number of aryl methyl sites for hydroxylation is 1. The van der Waals surface area contributed by atoms with Crippen LogP contribution in [0.5, 0.6) is 0 Å². The lowest BCUT2D eigenvalue weighted by Gasteiger charge is -2.16. The Hall–Kier alpha value is -2.58. The van der Waals surface area contributed by atoms with Crippen LogP contribution >= 0.6 is 24.0 Å². The summed E-state index contributed by atoms with van der Waals surface area (Å²) in [5.74, 6) is -0.811. The van der Waals surface area contributed by atoms with E-state index in [-0.39, 0.29) is 11.6 Å². The Morgan fingerprint density at radius 2 is 2.00 bits per heavy atom. The minimum Gasteiger partial charge on any atom is -0.268 e. The van der Waals surface area contributed by atoms with E-state index in [1.807, 2.05) is 0 Å². The van der Waals surface area contributed by atoms with Gasteiger partial charge in [-0.2, -0.15) is 0 Å². The molecule has 0 bridgehead atoms. The van der Waals surface area contributed by atoms with Gasteiger partial charge >= 0.3 is 0 Å². The van der Waals surface area contributed by atoms with Crippen molar-refractivity contribution in [3.63, 3.8) is 0 Å². The van der Waals surface area contributed by atoms with Crippen molar-refractivity contribution in [1.82, 2.24) is 0 Å². The average Bonchev–Trinajstić information content (AvgIpc) is 2.84. The van der Waals surface area contributed by atoms with Gasteiger partial charge in [-0.3, -0.25) is 19.8 Å². The molecule has 3 rings (SSSR count). The van der Waals surface area contributed by atoms with Gasteiger partial charge in [0.05, 0.1) is 15.5 Å². The summed E-state index contributed by atoms with van der Waals surface area (Å²) in [4.78, 5) is 24.7. The molecule has 0 N–H and O–H groups in total. The summed E-state index contributed by atoms with van der Waals surface area (Å²) in [6, 6.07) is 10.3. The number of thiocarbonyl (C=S) groups is 1. The summed E-state index contributed by atoms with van der Waals surface area (Å²) < 4.78 is 14.1. The van der Waals surface area contributed by atoms with E-state index >= 15 is 0 Å². The number of nitro groups is 1. The van der Waals surface area contributed by atoms with Crippen molar-refractivity contribution in [2.75, 3.05) is 4.90 Å². The summed E-state index contributed by atoms with van der Waals surface area (Å²) in [7, 11) is 0. The number of carbonyl (C=O) groups excluding carboxylic acids is 1. The van der Waals surface area contributed by atoms with Crippen LogP contribution in [0, 0.1) is 22.9 Å². The molecule has 8 heteroatoms. The molecule has 0 aliphatic carbocycles. The smallest absolute Gasteiger partial charge is 0.268 e. The number of non-ortho nitro benzene ring substituents is 1. The number of carbonyl (C=O) groups is 1. The second-order valence-corrected chi connectivity index (χ2v) is 6.94. The van der Waals surface area contributed by atoms with E-state index in [1.54, 1.807) is 25.1 Å². The molecule has 1 aliphatic heterocycles. The van der Waals surface area contributed by atoms with Gasteiger partial charge < -0.3 is 0 Å². The molecule has 1 amide bonds. The fourth-order valence-electron chi connectivity index (χ4n) is 2.41. The third-order valence-corrected chi connectivity index (χ3v) is 4.92. The van der Waals surface area contributed by atoms with Crippen molar-refractivity contribution in [2.24, 2.45) is 0 Å². The van der Waals surface area contributed by atoms with Crippen LogP contribution < -0.4 is 4.90 Å². The van der Waals surface area contributed by atoms with Crippen molar-refractivity contribution in [3.05, 3.63) is 74.4 Å². The molecule has 1 saturated heterocycles. The standard InChI is InChI=1S/C17H11FN2O3S2/c1-10-8-12(20(22)23)6-7-14(10)19-16(21)15(25-17(19)24)9-11-4-2-3-5-13(11)18/h2-9H,1H3/b15-9-. The molecule has 0 saturated carbocycles. The molecule has 1 heterocycles. The number of thioether (sulfide) groups is 1. The van der Waals surface area contributed by atoms with Crippen molar-refractivity contribution >= 4 is 51.7 Å². The predicted molar refractivity (Wildman–Crippen MR) is 99.9 cm³/mol. The van der Waals surface area contributed by atoms with E-state index < -0.39 is 10.7 Å². The number of hydrogen-bond acceptors (Lipinski definition) is 5. The fraction of sp³-hybridized carbons (Fsp3) is 0.0588. The minimum atomic E-state index is -0.501. The quantitative estimate of drug-likeness (QED) is 0.344. The minimum absolute atomic E-state index is 0.0615. The Balaban J connectivity index is 1.97. The monoisotopic (exact) mass is 374 g/mol. The lowest BCUT2D eigenvalue weighted by Crippen LogP contribution is -2.28. The van der Waals surface area contributed by atoms with Crippen LogP contribution in [0.2, 0.25) is 0 Å². The van der Waals surface area contributed by atoms with Crippen LogP contribution in [-0.4, -0.2) is 15.2 Å². The zero-order chi connectivity index (χ0) is 18.1. The van der Waals surface area contributed by atoms with Gasteiger partial charge in [-0.15, -0.1) is 0 Å². The number of halogens is 1. The van der Waals surface area contributed by atoms with Gasteiger partial charge in [0.15, 0.2) is 4.32 Å². The van der Waals surface area contributed by atoms with Gasteiger partial charge in [-0.05, 0) is 30.7 Å². The van der Waals surface area contributed by atoms with E-state index in [0.29, 0.717) is 26.0 Å². The van der Waals surface area contributed by atoms with Crippen LogP contribution in [0.1, 0.15) is 11.1 Å². The molecule has 0 aromatic heterocycles. The molecular formula is C17H11FN2O3S2. The Kier molecular flexibility index (Phi) is 4.65. The Morgan fingerprint density at radius 3 is 2.64 bits per heavy atom. The molecular weight excluding hydrogens is 363 g/mol. The highest BCUT2D eigenvalue weighted by molar-refractivity contribution is 8.27. The van der Waals surface area contributed by atoms with Gasteiger partial charge in [0.1, 0.15) is 5.82 Å². The second-order valence-electron chi connectivity index (χ2n) is 5.27. The van der Waals surface area contributed by atoms with E-state index in [2.05, 4.69) is 0 Å². The highest BCUT2D eigenvalue weighted by Gasteiger charge is 2.34. The second kappa shape index (κ2) is 6.73. The number of benzene rings is 2. The maximum Gasteiger partial charge on any atom is 0.270 e. The molecule has 1 fully saturated rings. The first-order chi connectivity index (χ1) is 11.9. The highest BCUT2D eigenvalue weighted by Crippen LogP contribution is 2.38. The van der Waals surface area contributed by atoms with Gasteiger partial charge in [0.25, 0.3) is 11.6 Å². The Morgan fingerprint density at radius 1 is 1.28 bits per heavy atom.